The first-order valence-corrected chi connectivity index (χ1v) is 5.29. The third kappa shape index (κ3) is 2.67. The lowest BCUT2D eigenvalue weighted by Crippen LogP contribution is -2.16. The number of anilines is 2. The quantitative estimate of drug-likeness (QED) is 0.821. The number of nitrogens with two attached hydrogens (primary N) is 1. The van der Waals surface area contributed by atoms with Crippen molar-refractivity contribution in [3.8, 4) is 0 Å². The van der Waals surface area contributed by atoms with Crippen LogP contribution in [0.2, 0.25) is 0 Å². The van der Waals surface area contributed by atoms with E-state index >= 15 is 0 Å². The largest absolute Gasteiger partial charge is 0.398 e. The number of amides is 1. The van der Waals surface area contributed by atoms with Gasteiger partial charge in [0, 0.05) is 5.69 Å². The summed E-state index contributed by atoms with van der Waals surface area (Å²) in [7, 11) is 0. The second-order valence-corrected chi connectivity index (χ2v) is 3.78. The molecule has 0 radical (unpaired) electrons. The Morgan fingerprint density at radius 1 is 1.05 bits per heavy atom. The van der Waals surface area contributed by atoms with Crippen LogP contribution in [-0.4, -0.2) is 5.91 Å². The van der Waals surface area contributed by atoms with Gasteiger partial charge in [-0.2, -0.15) is 0 Å². The van der Waals surface area contributed by atoms with E-state index in [4.69, 9.17) is 5.73 Å². The molecule has 0 bridgehead atoms. The van der Waals surface area contributed by atoms with Crippen LogP contribution < -0.4 is 11.1 Å². The van der Waals surface area contributed by atoms with Crippen molar-refractivity contribution in [2.75, 3.05) is 11.1 Å². The van der Waals surface area contributed by atoms with E-state index in [0.717, 1.165) is 30.3 Å². The summed E-state index contributed by atoms with van der Waals surface area (Å²) in [5, 5.41) is 2.06. The molecular formula is C13H9F3N2O. The van der Waals surface area contributed by atoms with Crippen LogP contribution in [0.1, 0.15) is 10.4 Å². The van der Waals surface area contributed by atoms with Crippen molar-refractivity contribution in [1.82, 2.24) is 0 Å². The first kappa shape index (κ1) is 12.9. The molecule has 0 fully saturated rings. The van der Waals surface area contributed by atoms with Gasteiger partial charge in [-0.1, -0.05) is 6.07 Å². The molecule has 0 aliphatic carbocycles. The number of nitrogen functional groups attached to an aromatic ring is 1. The van der Waals surface area contributed by atoms with Crippen molar-refractivity contribution < 1.29 is 18.0 Å². The maximum absolute atomic E-state index is 13.3. The zero-order valence-electron chi connectivity index (χ0n) is 9.58. The Hall–Kier alpha value is -2.50. The number of carbonyl (C=O) groups is 1. The zero-order chi connectivity index (χ0) is 14.0. The molecule has 0 aromatic heterocycles. The van der Waals surface area contributed by atoms with Gasteiger partial charge in [-0.15, -0.1) is 0 Å². The zero-order valence-corrected chi connectivity index (χ0v) is 9.58. The molecular weight excluding hydrogens is 257 g/mol. The van der Waals surface area contributed by atoms with E-state index in [9.17, 15) is 18.0 Å². The van der Waals surface area contributed by atoms with Gasteiger partial charge in [-0.05, 0) is 30.3 Å². The fourth-order valence-corrected chi connectivity index (χ4v) is 1.54. The van der Waals surface area contributed by atoms with Crippen LogP contribution >= 0.6 is 0 Å². The molecule has 1 amide bonds. The molecule has 3 N–H and O–H groups in total. The van der Waals surface area contributed by atoms with Gasteiger partial charge in [0.1, 0.15) is 23.1 Å². The first-order chi connectivity index (χ1) is 8.99. The predicted molar refractivity (Wildman–Crippen MR) is 65.1 cm³/mol. The monoisotopic (exact) mass is 266 g/mol. The minimum atomic E-state index is -0.908. The standard InChI is InChI=1S/C13H9F3N2O/c14-7-4-5-8(11(17)6-7)13(19)18-12-9(15)2-1-3-10(12)16/h1-6H,17H2,(H,18,19). The lowest BCUT2D eigenvalue weighted by molar-refractivity contribution is 0.102. The lowest BCUT2D eigenvalue weighted by Gasteiger charge is -2.09. The van der Waals surface area contributed by atoms with Crippen LogP contribution in [0.15, 0.2) is 36.4 Å². The molecule has 0 spiro atoms. The number of rotatable bonds is 2. The highest BCUT2D eigenvalue weighted by atomic mass is 19.1. The average Bonchev–Trinajstić information content (AvgIpc) is 2.33. The van der Waals surface area contributed by atoms with Gasteiger partial charge in [-0.25, -0.2) is 13.2 Å². The van der Waals surface area contributed by atoms with Crippen molar-refractivity contribution in [2.24, 2.45) is 0 Å². The number of para-hydroxylation sites is 1. The number of carbonyl (C=O) groups excluding carboxylic acids is 1. The molecule has 6 heteroatoms. The molecule has 2 aromatic rings. The molecule has 0 atom stereocenters. The van der Waals surface area contributed by atoms with E-state index in [2.05, 4.69) is 5.32 Å². The fourth-order valence-electron chi connectivity index (χ4n) is 1.54. The second-order valence-electron chi connectivity index (χ2n) is 3.78. The van der Waals surface area contributed by atoms with Crippen molar-refractivity contribution in [3.63, 3.8) is 0 Å². The third-order valence-electron chi connectivity index (χ3n) is 2.46. The Morgan fingerprint density at radius 2 is 1.68 bits per heavy atom. The van der Waals surface area contributed by atoms with Gasteiger partial charge in [0.2, 0.25) is 0 Å². The summed E-state index contributed by atoms with van der Waals surface area (Å²) in [5.41, 5.74) is 4.71. The fraction of sp³-hybridized carbons (Fsp3) is 0. The van der Waals surface area contributed by atoms with Crippen LogP contribution in [0.3, 0.4) is 0 Å². The number of halogens is 3. The molecule has 3 nitrogen and oxygen atoms in total. The second kappa shape index (κ2) is 5.01. The van der Waals surface area contributed by atoms with Crippen molar-refractivity contribution >= 4 is 17.3 Å². The molecule has 2 aromatic carbocycles. The van der Waals surface area contributed by atoms with Crippen LogP contribution in [0.25, 0.3) is 0 Å². The van der Waals surface area contributed by atoms with Gasteiger partial charge in [0.15, 0.2) is 0 Å². The van der Waals surface area contributed by atoms with E-state index in [1.807, 2.05) is 0 Å². The topological polar surface area (TPSA) is 55.1 Å². The van der Waals surface area contributed by atoms with Gasteiger partial charge in [-0.3, -0.25) is 4.79 Å². The van der Waals surface area contributed by atoms with Gasteiger partial charge < -0.3 is 11.1 Å². The van der Waals surface area contributed by atoms with Crippen LogP contribution in [0, 0.1) is 17.5 Å². The molecule has 0 saturated heterocycles. The smallest absolute Gasteiger partial charge is 0.257 e. The summed E-state index contributed by atoms with van der Waals surface area (Å²) in [6.07, 6.45) is 0. The Labute approximate surface area is 106 Å². The molecule has 0 aliphatic heterocycles. The number of benzene rings is 2. The molecule has 19 heavy (non-hydrogen) atoms. The van der Waals surface area contributed by atoms with Crippen LogP contribution in [0.5, 0.6) is 0 Å². The number of nitrogens with one attached hydrogen (secondary N) is 1. The van der Waals surface area contributed by atoms with Crippen LogP contribution in [0.4, 0.5) is 24.5 Å². The van der Waals surface area contributed by atoms with Gasteiger partial charge in [0.05, 0.1) is 5.56 Å². The number of hydrogen-bond acceptors (Lipinski definition) is 2. The highest BCUT2D eigenvalue weighted by molar-refractivity contribution is 6.07. The summed E-state index contributed by atoms with van der Waals surface area (Å²) in [4.78, 5) is 11.8. The molecule has 98 valence electrons. The SMILES string of the molecule is Nc1cc(F)ccc1C(=O)Nc1c(F)cccc1F. The van der Waals surface area contributed by atoms with E-state index in [0.29, 0.717) is 0 Å². The Kier molecular flexibility index (Phi) is 3.41. The van der Waals surface area contributed by atoms with E-state index in [1.54, 1.807) is 0 Å². The number of hydrogen-bond donors (Lipinski definition) is 2. The molecule has 0 unspecified atom stereocenters. The minimum Gasteiger partial charge on any atom is -0.398 e. The van der Waals surface area contributed by atoms with Gasteiger partial charge in [0.25, 0.3) is 5.91 Å². The van der Waals surface area contributed by atoms with E-state index in [-0.39, 0.29) is 11.3 Å². The maximum Gasteiger partial charge on any atom is 0.257 e. The molecule has 0 aliphatic rings. The van der Waals surface area contributed by atoms with Crippen LogP contribution in [-0.2, 0) is 0 Å². The van der Waals surface area contributed by atoms with Crippen molar-refractivity contribution in [2.45, 2.75) is 0 Å². The lowest BCUT2D eigenvalue weighted by atomic mass is 10.1. The molecule has 0 heterocycles. The molecule has 0 saturated carbocycles. The summed E-state index contributed by atoms with van der Waals surface area (Å²) in [5.74, 6) is -3.24. The summed E-state index contributed by atoms with van der Waals surface area (Å²) in [6.45, 7) is 0. The Morgan fingerprint density at radius 3 is 2.26 bits per heavy atom. The average molecular weight is 266 g/mol. The van der Waals surface area contributed by atoms with E-state index < -0.39 is 29.0 Å². The molecule has 2 rings (SSSR count). The predicted octanol–water partition coefficient (Wildman–Crippen LogP) is 2.94. The summed E-state index contributed by atoms with van der Waals surface area (Å²) in [6, 6.07) is 6.31. The highest BCUT2D eigenvalue weighted by Crippen LogP contribution is 2.20. The van der Waals surface area contributed by atoms with E-state index in [1.165, 1.54) is 6.07 Å². The summed E-state index contributed by atoms with van der Waals surface area (Å²) < 4.78 is 39.5. The highest BCUT2D eigenvalue weighted by Gasteiger charge is 2.15. The van der Waals surface area contributed by atoms with Crippen molar-refractivity contribution in [3.05, 3.63) is 59.4 Å². The summed E-state index contributed by atoms with van der Waals surface area (Å²) >= 11 is 0. The van der Waals surface area contributed by atoms with Crippen molar-refractivity contribution in [1.29, 1.82) is 0 Å². The Bertz CT molecular complexity index is 624. The minimum absolute atomic E-state index is 0.0657. The van der Waals surface area contributed by atoms with Gasteiger partial charge >= 0.3 is 0 Å². The first-order valence-electron chi connectivity index (χ1n) is 5.29. The Balaban J connectivity index is 2.31. The third-order valence-corrected chi connectivity index (χ3v) is 2.46. The normalized spacial score (nSPS) is 10.3. The maximum atomic E-state index is 13.3.